The van der Waals surface area contributed by atoms with E-state index in [-0.39, 0.29) is 7.26 Å². The van der Waals surface area contributed by atoms with Crippen LogP contribution in [0.5, 0.6) is 0 Å². The molecule has 0 nitrogen and oxygen atoms in total. The molecule has 0 heterocycles. The molecule has 0 radical (unpaired) electrons. The molecule has 0 atom stereocenters. The maximum Gasteiger partial charge on any atom is 0.0814 e. The summed E-state index contributed by atoms with van der Waals surface area (Å²) in [5, 5.41) is 0. The molecule has 0 aliphatic heterocycles. The molecule has 0 aliphatic rings. The van der Waals surface area contributed by atoms with Crippen molar-refractivity contribution in [3.8, 4) is 0 Å². The molecule has 2 heteroatoms. The Morgan fingerprint density at radius 3 is 1.16 bits per heavy atom. The zero-order valence-corrected chi connectivity index (χ0v) is 22.0. The highest BCUT2D eigenvalue weighted by molar-refractivity contribution is 7.73. The fraction of sp³-hybridized carbons (Fsp3) is 0.400. The lowest BCUT2D eigenvalue weighted by Crippen LogP contribution is -2.66. The summed E-state index contributed by atoms with van der Waals surface area (Å²) in [4.78, 5) is 0. The average Bonchev–Trinajstić information content (AvgIpc) is 2.80. The van der Waals surface area contributed by atoms with Gasteiger partial charge >= 0.3 is 0 Å². The predicted molar refractivity (Wildman–Crippen MR) is 153 cm³/mol. The highest BCUT2D eigenvalue weighted by atomic mass is 31.2. The van der Waals surface area contributed by atoms with Crippen LogP contribution in [0, 0.1) is 0 Å². The molecule has 0 amide bonds. The van der Waals surface area contributed by atoms with E-state index >= 15 is 0 Å². The van der Waals surface area contributed by atoms with Crippen molar-refractivity contribution in [2.45, 2.75) is 51.8 Å². The Labute approximate surface area is 199 Å². The first-order valence-electron chi connectivity index (χ1n) is 12.5. The van der Waals surface area contributed by atoms with E-state index in [0.717, 1.165) is 0 Å². The molecule has 0 aliphatic carbocycles. The molecule has 0 fully saturated rings. The fourth-order valence-electron chi connectivity index (χ4n) is 4.65. The molecule has 3 aromatic rings. The van der Waals surface area contributed by atoms with Crippen LogP contribution in [0.1, 0.15) is 45.4 Å². The van der Waals surface area contributed by atoms with Crippen LogP contribution in [0.2, 0.25) is 6.32 Å². The van der Waals surface area contributed by atoms with Crippen LogP contribution in [-0.4, -0.2) is 32.8 Å². The van der Waals surface area contributed by atoms with E-state index in [1.807, 2.05) is 0 Å². The van der Waals surface area contributed by atoms with E-state index in [1.165, 1.54) is 61.2 Å². The van der Waals surface area contributed by atoms with E-state index in [9.17, 15) is 0 Å². The molecule has 0 saturated heterocycles. The molecular formula is C30H44BP. The lowest BCUT2D eigenvalue weighted by atomic mass is 9.14. The number of hydrogen-bond donors (Lipinski definition) is 0. The third kappa shape index (κ3) is 8.59. The first-order valence-corrected chi connectivity index (χ1v) is 16.1. The fourth-order valence-corrected chi connectivity index (χ4v) is 4.65. The lowest BCUT2D eigenvalue weighted by Gasteiger charge is -2.43. The third-order valence-electron chi connectivity index (χ3n) is 6.10. The Morgan fingerprint density at radius 1 is 0.500 bits per heavy atom. The molecule has 0 bridgehead atoms. The van der Waals surface area contributed by atoms with E-state index in [0.29, 0.717) is 0 Å². The maximum absolute atomic E-state index is 2.33. The van der Waals surface area contributed by atoms with Crippen LogP contribution in [0.25, 0.3) is 0 Å². The molecule has 32 heavy (non-hydrogen) atoms. The average molecular weight is 446 g/mol. The first-order chi connectivity index (χ1) is 15.4. The third-order valence-corrected chi connectivity index (χ3v) is 6.10. The minimum absolute atomic E-state index is 0.389. The smallest absolute Gasteiger partial charge is 0.0814 e. The van der Waals surface area contributed by atoms with Gasteiger partial charge in [-0.05, 0) is 0 Å². The monoisotopic (exact) mass is 446 g/mol. The molecule has 3 rings (SSSR count). The minimum atomic E-state index is -0.938. The van der Waals surface area contributed by atoms with E-state index in [2.05, 4.69) is 125 Å². The molecule has 0 saturated carbocycles. The van der Waals surface area contributed by atoms with Crippen LogP contribution >= 0.6 is 7.26 Å². The van der Waals surface area contributed by atoms with Crippen molar-refractivity contribution in [3.05, 3.63) is 91.0 Å². The first kappa shape index (κ1) is 26.4. The van der Waals surface area contributed by atoms with Crippen molar-refractivity contribution in [2.24, 2.45) is 0 Å². The Bertz CT molecular complexity index is 751. The summed E-state index contributed by atoms with van der Waals surface area (Å²) in [6.07, 6.45) is 8.30. The second-order valence-corrected chi connectivity index (χ2v) is 15.9. The van der Waals surface area contributed by atoms with Crippen LogP contribution in [0.3, 0.4) is 0 Å². The van der Waals surface area contributed by atoms with Crippen molar-refractivity contribution in [1.29, 1.82) is 0 Å². The second kappa shape index (κ2) is 13.6. The highest BCUT2D eigenvalue weighted by Gasteiger charge is 2.28. The van der Waals surface area contributed by atoms with Gasteiger partial charge in [0.1, 0.15) is 0 Å². The number of benzene rings is 3. The van der Waals surface area contributed by atoms with Gasteiger partial charge in [-0.1, -0.05) is 136 Å². The Morgan fingerprint density at radius 2 is 0.812 bits per heavy atom. The lowest BCUT2D eigenvalue weighted by molar-refractivity contribution is 0.623. The SMILES string of the molecule is CCCCCCCC[B-](c1ccccc1)(c1ccccc1)c1ccccc1.C[P+](C)(C)C. The van der Waals surface area contributed by atoms with Crippen molar-refractivity contribution < 1.29 is 0 Å². The molecular weight excluding hydrogens is 402 g/mol. The van der Waals surface area contributed by atoms with Gasteiger partial charge in [-0.2, -0.15) is 22.7 Å². The molecule has 0 aromatic heterocycles. The summed E-state index contributed by atoms with van der Waals surface area (Å²) >= 11 is 0. The van der Waals surface area contributed by atoms with Crippen molar-refractivity contribution in [1.82, 2.24) is 0 Å². The molecule has 3 aromatic carbocycles. The van der Waals surface area contributed by atoms with Crippen LogP contribution in [0.15, 0.2) is 91.0 Å². The second-order valence-electron chi connectivity index (χ2n) is 10.5. The van der Waals surface area contributed by atoms with Crippen molar-refractivity contribution >= 4 is 29.8 Å². The Hall–Kier alpha value is -1.85. The van der Waals surface area contributed by atoms with E-state index < -0.39 is 6.15 Å². The van der Waals surface area contributed by atoms with Gasteiger partial charge in [-0.3, -0.25) is 0 Å². The topological polar surface area (TPSA) is 0 Å². The van der Waals surface area contributed by atoms with Gasteiger partial charge in [0, 0.05) is 33.9 Å². The van der Waals surface area contributed by atoms with Crippen LogP contribution in [0.4, 0.5) is 0 Å². The number of unbranched alkanes of at least 4 members (excludes halogenated alkanes) is 5. The Kier molecular flexibility index (Phi) is 11.3. The van der Waals surface area contributed by atoms with Gasteiger partial charge in [0.2, 0.25) is 0 Å². The van der Waals surface area contributed by atoms with Gasteiger partial charge in [-0.25, -0.2) is 0 Å². The number of hydrogen-bond acceptors (Lipinski definition) is 0. The maximum atomic E-state index is 2.33. The van der Waals surface area contributed by atoms with Crippen LogP contribution < -0.4 is 16.4 Å². The molecule has 0 unspecified atom stereocenters. The standard InChI is InChI=1S/C26H32B.C4H12P/c1-2-3-4-5-6-16-23-27(24-17-10-7-11-18-24,25-19-12-8-13-20-25)26-21-14-9-15-22-26;1-5(2,3)4/h7-15,17-22H,2-6,16,23H2,1H3;1-4H3/q-1;+1. The van der Waals surface area contributed by atoms with Gasteiger partial charge in [-0.15, -0.1) is 0 Å². The largest absolute Gasteiger partial charge is 0.200 e. The summed E-state index contributed by atoms with van der Waals surface area (Å²) in [7, 11) is -0.389. The summed E-state index contributed by atoms with van der Waals surface area (Å²) in [6.45, 7) is 11.5. The van der Waals surface area contributed by atoms with Crippen molar-refractivity contribution in [3.63, 3.8) is 0 Å². The molecule has 172 valence electrons. The van der Waals surface area contributed by atoms with E-state index in [1.54, 1.807) is 0 Å². The van der Waals surface area contributed by atoms with Gasteiger partial charge in [0.05, 0.1) is 6.15 Å². The number of rotatable bonds is 10. The van der Waals surface area contributed by atoms with Gasteiger partial charge in [0.15, 0.2) is 0 Å². The summed E-state index contributed by atoms with van der Waals surface area (Å²) in [5.41, 5.74) is 4.38. The summed E-state index contributed by atoms with van der Waals surface area (Å²) < 4.78 is 0. The highest BCUT2D eigenvalue weighted by Crippen LogP contribution is 2.40. The van der Waals surface area contributed by atoms with E-state index in [4.69, 9.17) is 0 Å². The van der Waals surface area contributed by atoms with Gasteiger partial charge < -0.3 is 0 Å². The quantitative estimate of drug-likeness (QED) is 0.178. The summed E-state index contributed by atoms with van der Waals surface area (Å²) in [5.74, 6) is 0. The van der Waals surface area contributed by atoms with Gasteiger partial charge in [0.25, 0.3) is 0 Å². The Balaban J connectivity index is 0.000000654. The normalized spacial score (nSPS) is 11.5. The zero-order valence-electron chi connectivity index (χ0n) is 21.1. The minimum Gasteiger partial charge on any atom is -0.200 e. The molecule has 0 N–H and O–H groups in total. The predicted octanol–water partition coefficient (Wildman–Crippen LogP) is 7.04. The van der Waals surface area contributed by atoms with Crippen molar-refractivity contribution in [2.75, 3.05) is 26.7 Å². The van der Waals surface area contributed by atoms with Crippen LogP contribution in [-0.2, 0) is 0 Å². The summed E-state index contributed by atoms with van der Waals surface area (Å²) in [6, 6.07) is 33.5. The molecule has 0 spiro atoms. The zero-order chi connectivity index (χ0) is 23.3.